The van der Waals surface area contributed by atoms with Gasteiger partial charge in [-0.1, -0.05) is 39.0 Å². The quantitative estimate of drug-likeness (QED) is 0.343. The number of pyridine rings is 1. The van der Waals surface area contributed by atoms with E-state index in [1.165, 1.54) is 5.56 Å². The lowest BCUT2D eigenvalue weighted by atomic mass is 10.0. The van der Waals surface area contributed by atoms with Crippen molar-refractivity contribution in [3.63, 3.8) is 0 Å². The first-order chi connectivity index (χ1) is 16.4. The normalized spacial score (nSPS) is 10.9. The highest BCUT2D eigenvalue weighted by atomic mass is 16.5. The lowest BCUT2D eigenvalue weighted by Crippen LogP contribution is -2.12. The van der Waals surface area contributed by atoms with Crippen LogP contribution in [0.4, 0.5) is 5.69 Å². The fourth-order valence-corrected chi connectivity index (χ4v) is 3.52. The van der Waals surface area contributed by atoms with Crippen LogP contribution in [-0.2, 0) is 6.42 Å². The van der Waals surface area contributed by atoms with Gasteiger partial charge in [0, 0.05) is 30.1 Å². The highest BCUT2D eigenvalue weighted by Crippen LogP contribution is 2.32. The SMILES string of the molecule is CCc1nccc(-c2cccnc2Oc2cc(C(=O)Nc3cccc(C(C)C)c3)ccc2C)n1. The van der Waals surface area contributed by atoms with Gasteiger partial charge in [0.25, 0.3) is 5.91 Å². The van der Waals surface area contributed by atoms with Crippen LogP contribution in [0, 0.1) is 6.92 Å². The molecule has 172 valence electrons. The number of aromatic nitrogens is 3. The maximum atomic E-state index is 13.0. The molecule has 0 spiro atoms. The summed E-state index contributed by atoms with van der Waals surface area (Å²) in [6.07, 6.45) is 4.15. The maximum absolute atomic E-state index is 13.0. The van der Waals surface area contributed by atoms with Gasteiger partial charge >= 0.3 is 0 Å². The summed E-state index contributed by atoms with van der Waals surface area (Å²) in [4.78, 5) is 26.3. The fraction of sp³-hybridized carbons (Fsp3) is 0.214. The molecule has 0 aliphatic rings. The van der Waals surface area contributed by atoms with E-state index in [4.69, 9.17) is 4.74 Å². The molecule has 0 radical (unpaired) electrons. The Balaban J connectivity index is 1.60. The average Bonchev–Trinajstić information content (AvgIpc) is 2.86. The molecule has 0 fully saturated rings. The molecule has 2 heterocycles. The van der Waals surface area contributed by atoms with Crippen LogP contribution in [0.25, 0.3) is 11.3 Å². The molecule has 0 saturated carbocycles. The summed E-state index contributed by atoms with van der Waals surface area (Å²) < 4.78 is 6.21. The van der Waals surface area contributed by atoms with Gasteiger partial charge in [-0.3, -0.25) is 4.79 Å². The van der Waals surface area contributed by atoms with Crippen molar-refractivity contribution >= 4 is 11.6 Å². The predicted octanol–water partition coefficient (Wildman–Crippen LogP) is 6.58. The number of hydrogen-bond acceptors (Lipinski definition) is 5. The van der Waals surface area contributed by atoms with Crippen LogP contribution >= 0.6 is 0 Å². The Morgan fingerprint density at radius 1 is 1.00 bits per heavy atom. The van der Waals surface area contributed by atoms with Crippen molar-refractivity contribution in [2.75, 3.05) is 5.32 Å². The molecule has 1 N–H and O–H groups in total. The molecule has 0 saturated heterocycles. The minimum Gasteiger partial charge on any atom is -0.438 e. The van der Waals surface area contributed by atoms with Gasteiger partial charge in [-0.2, -0.15) is 0 Å². The smallest absolute Gasteiger partial charge is 0.255 e. The Hall–Kier alpha value is -4.06. The van der Waals surface area contributed by atoms with Gasteiger partial charge in [0.15, 0.2) is 0 Å². The van der Waals surface area contributed by atoms with Gasteiger partial charge < -0.3 is 10.1 Å². The van der Waals surface area contributed by atoms with E-state index in [9.17, 15) is 4.79 Å². The fourth-order valence-electron chi connectivity index (χ4n) is 3.52. The topological polar surface area (TPSA) is 77.0 Å². The number of benzene rings is 2. The number of ether oxygens (including phenoxy) is 1. The first-order valence-electron chi connectivity index (χ1n) is 11.4. The van der Waals surface area contributed by atoms with Crippen LogP contribution in [0.3, 0.4) is 0 Å². The maximum Gasteiger partial charge on any atom is 0.255 e. The highest BCUT2D eigenvalue weighted by Gasteiger charge is 2.15. The monoisotopic (exact) mass is 452 g/mol. The summed E-state index contributed by atoms with van der Waals surface area (Å²) in [6.45, 7) is 8.20. The highest BCUT2D eigenvalue weighted by molar-refractivity contribution is 6.04. The summed E-state index contributed by atoms with van der Waals surface area (Å²) in [6, 6.07) is 18.9. The first kappa shape index (κ1) is 23.1. The molecule has 34 heavy (non-hydrogen) atoms. The zero-order valence-electron chi connectivity index (χ0n) is 19.9. The Morgan fingerprint density at radius 2 is 1.85 bits per heavy atom. The molecular formula is C28H28N4O2. The molecule has 2 aromatic heterocycles. The number of carbonyl (C=O) groups is 1. The molecule has 6 nitrogen and oxygen atoms in total. The average molecular weight is 453 g/mol. The van der Waals surface area contributed by atoms with E-state index >= 15 is 0 Å². The third-order valence-electron chi connectivity index (χ3n) is 5.54. The van der Waals surface area contributed by atoms with E-state index in [1.54, 1.807) is 24.5 Å². The van der Waals surface area contributed by atoms with E-state index in [1.807, 2.05) is 56.3 Å². The van der Waals surface area contributed by atoms with Gasteiger partial charge in [-0.05, 0) is 66.4 Å². The molecule has 4 rings (SSSR count). The minimum absolute atomic E-state index is 0.199. The number of aryl methyl sites for hydroxylation is 2. The third kappa shape index (κ3) is 5.29. The molecule has 2 aromatic carbocycles. The predicted molar refractivity (Wildman–Crippen MR) is 134 cm³/mol. The number of rotatable bonds is 7. The summed E-state index contributed by atoms with van der Waals surface area (Å²) >= 11 is 0. The van der Waals surface area contributed by atoms with Crippen LogP contribution in [0.15, 0.2) is 73.1 Å². The zero-order chi connectivity index (χ0) is 24.1. The number of hydrogen-bond donors (Lipinski definition) is 1. The Morgan fingerprint density at radius 3 is 2.65 bits per heavy atom. The molecule has 0 aliphatic heterocycles. The van der Waals surface area contributed by atoms with E-state index in [0.29, 0.717) is 23.1 Å². The number of nitrogens with zero attached hydrogens (tertiary/aromatic N) is 3. The molecule has 0 aliphatic carbocycles. The second-order valence-corrected chi connectivity index (χ2v) is 8.38. The molecule has 4 aromatic rings. The second-order valence-electron chi connectivity index (χ2n) is 8.38. The zero-order valence-corrected chi connectivity index (χ0v) is 19.9. The van der Waals surface area contributed by atoms with Crippen LogP contribution in [0.5, 0.6) is 11.6 Å². The van der Waals surface area contributed by atoms with Gasteiger partial charge in [0.1, 0.15) is 11.6 Å². The van der Waals surface area contributed by atoms with Gasteiger partial charge in [-0.25, -0.2) is 15.0 Å². The number of nitrogens with one attached hydrogen (secondary N) is 1. The molecule has 1 amide bonds. The molecule has 0 atom stereocenters. The van der Waals surface area contributed by atoms with Crippen molar-refractivity contribution < 1.29 is 9.53 Å². The largest absolute Gasteiger partial charge is 0.438 e. The lowest BCUT2D eigenvalue weighted by molar-refractivity contribution is 0.102. The summed E-state index contributed by atoms with van der Waals surface area (Å²) in [7, 11) is 0. The molecular weight excluding hydrogens is 424 g/mol. The first-order valence-corrected chi connectivity index (χ1v) is 11.4. The van der Waals surface area contributed by atoms with E-state index < -0.39 is 0 Å². The Labute approximate surface area is 200 Å². The van der Waals surface area contributed by atoms with Crippen LogP contribution in [-0.4, -0.2) is 20.9 Å². The lowest BCUT2D eigenvalue weighted by Gasteiger charge is -2.14. The van der Waals surface area contributed by atoms with E-state index in [2.05, 4.69) is 40.2 Å². The van der Waals surface area contributed by atoms with Crippen LogP contribution < -0.4 is 10.1 Å². The van der Waals surface area contributed by atoms with E-state index in [-0.39, 0.29) is 5.91 Å². The minimum atomic E-state index is -0.199. The summed E-state index contributed by atoms with van der Waals surface area (Å²) in [5.74, 6) is 1.92. The van der Waals surface area contributed by atoms with Crippen molar-refractivity contribution in [1.82, 2.24) is 15.0 Å². The van der Waals surface area contributed by atoms with Gasteiger partial charge in [0.2, 0.25) is 5.88 Å². The van der Waals surface area contributed by atoms with E-state index in [0.717, 1.165) is 34.8 Å². The third-order valence-corrected chi connectivity index (χ3v) is 5.54. The number of anilines is 1. The second kappa shape index (κ2) is 10.3. The van der Waals surface area contributed by atoms with Gasteiger partial charge in [-0.15, -0.1) is 0 Å². The Bertz CT molecular complexity index is 1320. The van der Waals surface area contributed by atoms with Crippen molar-refractivity contribution in [2.45, 2.75) is 40.0 Å². The van der Waals surface area contributed by atoms with Crippen molar-refractivity contribution in [1.29, 1.82) is 0 Å². The number of carbonyl (C=O) groups excluding carboxylic acids is 1. The molecule has 6 heteroatoms. The molecule has 0 bridgehead atoms. The number of amides is 1. The summed E-state index contributed by atoms with van der Waals surface area (Å²) in [5.41, 5.74) is 4.84. The molecule has 0 unspecified atom stereocenters. The summed E-state index contributed by atoms with van der Waals surface area (Å²) in [5, 5.41) is 2.99. The van der Waals surface area contributed by atoms with Crippen molar-refractivity contribution in [3.05, 3.63) is 95.6 Å². The van der Waals surface area contributed by atoms with Crippen molar-refractivity contribution in [2.24, 2.45) is 0 Å². The van der Waals surface area contributed by atoms with Gasteiger partial charge in [0.05, 0.1) is 11.3 Å². The Kier molecular flexibility index (Phi) is 6.97. The van der Waals surface area contributed by atoms with Crippen molar-refractivity contribution in [3.8, 4) is 22.9 Å². The van der Waals surface area contributed by atoms with Crippen LogP contribution in [0.2, 0.25) is 0 Å². The standard InChI is InChI=1S/C28H28N4O2/c1-5-26-29-15-13-24(32-26)23-10-7-14-30-28(23)34-25-17-21(12-11-19(25)4)27(33)31-22-9-6-8-20(16-22)18(2)3/h6-18H,5H2,1-4H3,(H,31,33). The van der Waals surface area contributed by atoms with Crippen LogP contribution in [0.1, 0.15) is 54.0 Å².